The summed E-state index contributed by atoms with van der Waals surface area (Å²) in [7, 11) is 0. The van der Waals surface area contributed by atoms with Gasteiger partial charge in [0.2, 0.25) is 0 Å². The second-order valence-corrected chi connectivity index (χ2v) is 4.98. The van der Waals surface area contributed by atoms with Crippen LogP contribution in [-0.4, -0.2) is 11.1 Å². The summed E-state index contributed by atoms with van der Waals surface area (Å²) in [5, 5.41) is 12.0. The highest BCUT2D eigenvalue weighted by Gasteiger charge is 2.06. The highest BCUT2D eigenvalue weighted by atomic mass is 127. The highest BCUT2D eigenvalue weighted by molar-refractivity contribution is 14.1. The molecule has 0 saturated carbocycles. The molecule has 0 aliphatic carbocycles. The van der Waals surface area contributed by atoms with Gasteiger partial charge in [-0.05, 0) is 65.1 Å². The Morgan fingerprint density at radius 2 is 1.83 bits per heavy atom. The summed E-state index contributed by atoms with van der Waals surface area (Å²) in [6, 6.07) is 12.5. The van der Waals surface area contributed by atoms with Gasteiger partial charge in [0.15, 0.2) is 0 Å². The van der Waals surface area contributed by atoms with Gasteiger partial charge in [0, 0.05) is 9.26 Å². The molecule has 2 rings (SSSR count). The molecule has 0 aromatic heterocycles. The van der Waals surface area contributed by atoms with Gasteiger partial charge in [-0.15, -0.1) is 0 Å². The van der Waals surface area contributed by atoms with Crippen LogP contribution in [0.15, 0.2) is 42.5 Å². The van der Waals surface area contributed by atoms with Gasteiger partial charge in [-0.25, -0.2) is 4.79 Å². The molecule has 0 unspecified atom stereocenters. The van der Waals surface area contributed by atoms with Crippen LogP contribution in [0.25, 0.3) is 0 Å². The largest absolute Gasteiger partial charge is 0.478 e. The molecule has 92 valence electrons. The number of nitrogen functional groups attached to an aromatic ring is 1. The predicted octanol–water partition coefficient (Wildman–Crippen LogP) is 3.32. The molecule has 4 N–H and O–H groups in total. The van der Waals surface area contributed by atoms with E-state index >= 15 is 0 Å². The number of carbonyl (C=O) groups is 1. The van der Waals surface area contributed by atoms with E-state index in [9.17, 15) is 4.79 Å². The van der Waals surface area contributed by atoms with E-state index in [1.165, 1.54) is 12.1 Å². The third kappa shape index (κ3) is 2.92. The van der Waals surface area contributed by atoms with Crippen molar-refractivity contribution in [1.82, 2.24) is 0 Å². The third-order valence-corrected chi connectivity index (χ3v) is 3.14. The van der Waals surface area contributed by atoms with Gasteiger partial charge in [-0.1, -0.05) is 0 Å². The molecule has 0 heterocycles. The number of benzene rings is 2. The quantitative estimate of drug-likeness (QED) is 0.584. The Balaban J connectivity index is 2.24. The lowest BCUT2D eigenvalue weighted by Crippen LogP contribution is -2.01. The molecule has 0 radical (unpaired) electrons. The van der Waals surface area contributed by atoms with Crippen LogP contribution in [0.1, 0.15) is 10.4 Å². The molecule has 0 amide bonds. The average molecular weight is 354 g/mol. The number of hydrogen-bond acceptors (Lipinski definition) is 3. The van der Waals surface area contributed by atoms with E-state index in [0.717, 1.165) is 9.26 Å². The molecule has 0 atom stereocenters. The van der Waals surface area contributed by atoms with Gasteiger partial charge in [0.05, 0.1) is 16.9 Å². The van der Waals surface area contributed by atoms with Crippen LogP contribution in [0.2, 0.25) is 0 Å². The number of nitrogens with two attached hydrogens (primary N) is 1. The van der Waals surface area contributed by atoms with Crippen molar-refractivity contribution < 1.29 is 9.90 Å². The summed E-state index contributed by atoms with van der Waals surface area (Å²) in [5.41, 5.74) is 8.00. The molecule has 0 aliphatic rings. The Morgan fingerprint density at radius 1 is 1.17 bits per heavy atom. The molecule has 2 aromatic carbocycles. The predicted molar refractivity (Wildman–Crippen MR) is 80.3 cm³/mol. The van der Waals surface area contributed by atoms with Gasteiger partial charge in [-0.2, -0.15) is 0 Å². The molecule has 0 spiro atoms. The third-order valence-electron chi connectivity index (χ3n) is 2.42. The van der Waals surface area contributed by atoms with Gasteiger partial charge >= 0.3 is 5.97 Å². The molecular formula is C13H11IN2O2. The minimum Gasteiger partial charge on any atom is -0.478 e. The number of aromatic carboxylic acids is 1. The molecule has 0 fully saturated rings. The maximum atomic E-state index is 10.8. The zero-order valence-electron chi connectivity index (χ0n) is 9.35. The fraction of sp³-hybridized carbons (Fsp3) is 0. The van der Waals surface area contributed by atoms with E-state index in [4.69, 9.17) is 10.8 Å². The fourth-order valence-corrected chi connectivity index (χ4v) is 1.86. The van der Waals surface area contributed by atoms with Crippen molar-refractivity contribution >= 4 is 45.6 Å². The fourth-order valence-electron chi connectivity index (χ4n) is 1.50. The highest BCUT2D eigenvalue weighted by Crippen LogP contribution is 2.24. The van der Waals surface area contributed by atoms with Crippen molar-refractivity contribution in [3.05, 3.63) is 51.6 Å². The molecule has 18 heavy (non-hydrogen) atoms. The minimum atomic E-state index is -0.984. The number of halogens is 1. The zero-order valence-corrected chi connectivity index (χ0v) is 11.5. The maximum Gasteiger partial charge on any atom is 0.335 e. The number of nitrogens with one attached hydrogen (secondary N) is 1. The molecule has 4 nitrogen and oxygen atoms in total. The smallest absolute Gasteiger partial charge is 0.335 e. The van der Waals surface area contributed by atoms with Crippen molar-refractivity contribution in [3.63, 3.8) is 0 Å². The van der Waals surface area contributed by atoms with Crippen molar-refractivity contribution in [1.29, 1.82) is 0 Å². The van der Waals surface area contributed by atoms with E-state index in [2.05, 4.69) is 27.9 Å². The standard InChI is InChI=1S/C13H11IN2O2/c14-9-2-4-10(5-3-9)16-12-6-1-8(13(17)18)7-11(12)15/h1-7,16H,15H2,(H,17,18). The van der Waals surface area contributed by atoms with E-state index < -0.39 is 5.97 Å². The first-order chi connectivity index (χ1) is 8.56. The minimum absolute atomic E-state index is 0.181. The van der Waals surface area contributed by atoms with Crippen LogP contribution in [0.5, 0.6) is 0 Å². The topological polar surface area (TPSA) is 75.4 Å². The number of rotatable bonds is 3. The Morgan fingerprint density at radius 3 is 2.39 bits per heavy atom. The number of anilines is 3. The lowest BCUT2D eigenvalue weighted by Gasteiger charge is -2.10. The van der Waals surface area contributed by atoms with Crippen molar-refractivity contribution in [2.45, 2.75) is 0 Å². The molecule has 0 bridgehead atoms. The van der Waals surface area contributed by atoms with Gasteiger partial charge in [0.1, 0.15) is 0 Å². The van der Waals surface area contributed by atoms with Crippen LogP contribution in [0.4, 0.5) is 17.1 Å². The SMILES string of the molecule is Nc1cc(C(=O)O)ccc1Nc1ccc(I)cc1. The average Bonchev–Trinajstić information content (AvgIpc) is 2.34. The first kappa shape index (κ1) is 12.7. The Bertz CT molecular complexity index is 582. The first-order valence-corrected chi connectivity index (χ1v) is 6.29. The van der Waals surface area contributed by atoms with Gasteiger partial charge in [-0.3, -0.25) is 0 Å². The van der Waals surface area contributed by atoms with Crippen molar-refractivity contribution in [2.24, 2.45) is 0 Å². The molecule has 0 saturated heterocycles. The molecule has 2 aromatic rings. The molecular weight excluding hydrogens is 343 g/mol. The number of hydrogen-bond donors (Lipinski definition) is 3. The zero-order chi connectivity index (χ0) is 13.1. The van der Waals surface area contributed by atoms with E-state index in [1.807, 2.05) is 24.3 Å². The second kappa shape index (κ2) is 5.26. The van der Waals surface area contributed by atoms with Crippen molar-refractivity contribution in [2.75, 3.05) is 11.1 Å². The maximum absolute atomic E-state index is 10.8. The summed E-state index contributed by atoms with van der Waals surface area (Å²) in [4.78, 5) is 10.8. The summed E-state index contributed by atoms with van der Waals surface area (Å²) in [6.07, 6.45) is 0. The Hall–Kier alpha value is -1.76. The summed E-state index contributed by atoms with van der Waals surface area (Å²) < 4.78 is 1.15. The second-order valence-electron chi connectivity index (χ2n) is 3.74. The Kier molecular flexibility index (Phi) is 3.71. The van der Waals surface area contributed by atoms with E-state index in [0.29, 0.717) is 11.4 Å². The normalized spacial score (nSPS) is 10.1. The van der Waals surface area contributed by atoms with Crippen LogP contribution in [0.3, 0.4) is 0 Å². The number of carboxylic acids is 1. The monoisotopic (exact) mass is 354 g/mol. The van der Waals surface area contributed by atoms with Crippen LogP contribution in [0, 0.1) is 3.57 Å². The Labute approximate surface area is 118 Å². The molecule has 0 aliphatic heterocycles. The van der Waals surface area contributed by atoms with Crippen LogP contribution < -0.4 is 11.1 Å². The van der Waals surface area contributed by atoms with Gasteiger partial charge < -0.3 is 16.2 Å². The van der Waals surface area contributed by atoms with E-state index in [1.54, 1.807) is 6.07 Å². The number of carboxylic acid groups (broad SMARTS) is 1. The van der Waals surface area contributed by atoms with Crippen molar-refractivity contribution in [3.8, 4) is 0 Å². The van der Waals surface area contributed by atoms with Gasteiger partial charge in [0.25, 0.3) is 0 Å². The summed E-state index contributed by atoms with van der Waals surface area (Å²) >= 11 is 2.23. The lowest BCUT2D eigenvalue weighted by atomic mass is 10.1. The van der Waals surface area contributed by atoms with E-state index in [-0.39, 0.29) is 5.56 Å². The lowest BCUT2D eigenvalue weighted by molar-refractivity contribution is 0.0697. The summed E-state index contributed by atoms with van der Waals surface area (Å²) in [6.45, 7) is 0. The van der Waals surface area contributed by atoms with Crippen LogP contribution >= 0.6 is 22.6 Å². The summed E-state index contributed by atoms with van der Waals surface area (Å²) in [5.74, 6) is -0.984. The first-order valence-electron chi connectivity index (χ1n) is 5.21. The molecule has 5 heteroatoms. The van der Waals surface area contributed by atoms with Crippen LogP contribution in [-0.2, 0) is 0 Å².